The lowest BCUT2D eigenvalue weighted by atomic mass is 10.1. The molecule has 0 aliphatic rings. The van der Waals surface area contributed by atoms with E-state index < -0.39 is 15.2 Å². The lowest BCUT2D eigenvalue weighted by molar-refractivity contribution is 0.305. The van der Waals surface area contributed by atoms with E-state index in [1.54, 1.807) is 23.7 Å². The second-order valence-electron chi connectivity index (χ2n) is 15.5. The van der Waals surface area contributed by atoms with Crippen molar-refractivity contribution in [2.45, 2.75) is 77.3 Å². The highest BCUT2D eigenvalue weighted by atomic mass is 32.1. The number of rotatable bonds is 28. The van der Waals surface area contributed by atoms with E-state index in [2.05, 4.69) is 75.2 Å². The van der Waals surface area contributed by atoms with Gasteiger partial charge in [0, 0.05) is 24.7 Å². The molecule has 6 N–H and O–H groups in total. The van der Waals surface area contributed by atoms with Crippen LogP contribution in [0.4, 0.5) is 0 Å². The van der Waals surface area contributed by atoms with Gasteiger partial charge in [0.05, 0.1) is 42.9 Å². The van der Waals surface area contributed by atoms with Gasteiger partial charge in [-0.25, -0.2) is 9.97 Å². The molecule has 2 aromatic heterocycles. The number of aromatic nitrogens is 2. The number of oxazole rings is 1. The normalized spacial score (nSPS) is 11.6. The molecule has 0 saturated heterocycles. The number of unbranched alkanes of at least 4 members (excludes halogenated alkanes) is 4. The van der Waals surface area contributed by atoms with E-state index in [9.17, 15) is 9.13 Å². The summed E-state index contributed by atoms with van der Waals surface area (Å²) in [6.45, 7) is 3.59. The molecule has 6 aromatic rings. The first-order chi connectivity index (χ1) is 31.0. The maximum atomic E-state index is 10.9. The van der Waals surface area contributed by atoms with Crippen LogP contribution in [0.25, 0.3) is 22.0 Å². The van der Waals surface area contributed by atoms with Gasteiger partial charge in [-0.2, -0.15) is 0 Å². The molecular weight excluding hydrogens is 871 g/mol. The van der Waals surface area contributed by atoms with Crippen molar-refractivity contribution in [2.24, 2.45) is 0 Å². The van der Waals surface area contributed by atoms with Crippen molar-refractivity contribution in [1.82, 2.24) is 20.6 Å². The largest absolute Gasteiger partial charge is 0.493 e. The van der Waals surface area contributed by atoms with E-state index in [4.69, 9.17) is 33.5 Å². The van der Waals surface area contributed by atoms with Crippen LogP contribution in [-0.4, -0.2) is 68.2 Å². The van der Waals surface area contributed by atoms with Gasteiger partial charge in [-0.15, -0.1) is 11.3 Å². The summed E-state index contributed by atoms with van der Waals surface area (Å²) in [6, 6.07) is 33.0. The Morgan fingerprint density at radius 2 is 1.08 bits per heavy atom. The topological polar surface area (TPSA) is 196 Å². The van der Waals surface area contributed by atoms with Crippen LogP contribution in [0.3, 0.4) is 0 Å². The van der Waals surface area contributed by atoms with Crippen molar-refractivity contribution in [3.63, 3.8) is 0 Å². The van der Waals surface area contributed by atoms with Crippen LogP contribution in [0, 0.1) is 0 Å². The Morgan fingerprint density at radius 3 is 1.55 bits per heavy atom. The van der Waals surface area contributed by atoms with Gasteiger partial charge in [-0.3, -0.25) is 9.13 Å². The first-order valence-electron chi connectivity index (χ1n) is 21.9. The van der Waals surface area contributed by atoms with Crippen LogP contribution >= 0.6 is 26.5 Å². The van der Waals surface area contributed by atoms with Crippen molar-refractivity contribution in [3.8, 4) is 33.5 Å². The van der Waals surface area contributed by atoms with Crippen LogP contribution < -0.4 is 20.1 Å². The Bertz CT molecular complexity index is 2110. The van der Waals surface area contributed by atoms with Gasteiger partial charge in [0.2, 0.25) is 5.89 Å². The molecule has 16 heteroatoms. The Kier molecular flexibility index (Phi) is 21.9. The van der Waals surface area contributed by atoms with E-state index in [0.717, 1.165) is 90.1 Å². The van der Waals surface area contributed by atoms with E-state index in [1.165, 1.54) is 17.4 Å². The number of aryl methyl sites for hydroxylation is 2. The Morgan fingerprint density at radius 1 is 0.562 bits per heavy atom. The van der Waals surface area contributed by atoms with Gasteiger partial charge < -0.3 is 44.1 Å². The summed E-state index contributed by atoms with van der Waals surface area (Å²) in [4.78, 5) is 44.5. The molecule has 0 atom stereocenters. The lowest BCUT2D eigenvalue weighted by Crippen LogP contribution is -2.16. The molecule has 64 heavy (non-hydrogen) atoms. The minimum Gasteiger partial charge on any atom is -0.493 e. The number of benzene rings is 4. The van der Waals surface area contributed by atoms with E-state index in [1.807, 2.05) is 47.8 Å². The van der Waals surface area contributed by atoms with Gasteiger partial charge in [-0.1, -0.05) is 72.8 Å². The molecule has 0 aliphatic carbocycles. The SMILES string of the molecule is O=P(O)(O)CCCNCc1ccc(OCCCCCc2ccccc2)c(-c2ncco2)c1.O=P(O)(O)CCCNCc1ccc(OCCCCCc2ccccc2)c(-c2nccs2)c1. The molecule has 13 nitrogen and oxygen atoms in total. The molecule has 4 aromatic carbocycles. The Labute approximate surface area is 381 Å². The number of thiazole rings is 1. The molecule has 6 rings (SSSR count). The molecule has 0 bridgehead atoms. The minimum absolute atomic E-state index is 0.0948. The Hall–Kier alpha value is -4.46. The molecule has 0 unspecified atom stereocenters. The number of hydrogen-bond acceptors (Lipinski definition) is 10. The van der Waals surface area contributed by atoms with Crippen LogP contribution in [0.15, 0.2) is 126 Å². The summed E-state index contributed by atoms with van der Waals surface area (Å²) in [6.07, 6.45) is 14.3. The summed E-state index contributed by atoms with van der Waals surface area (Å²) in [5.74, 6) is 2.08. The average Bonchev–Trinajstić information content (AvgIpc) is 4.03. The maximum Gasteiger partial charge on any atom is 0.325 e. The van der Waals surface area contributed by atoms with E-state index >= 15 is 0 Å². The number of nitrogens with one attached hydrogen (secondary N) is 2. The smallest absolute Gasteiger partial charge is 0.325 e. The van der Waals surface area contributed by atoms with Crippen molar-refractivity contribution in [3.05, 3.63) is 143 Å². The van der Waals surface area contributed by atoms with Gasteiger partial charge in [0.25, 0.3) is 0 Å². The second kappa shape index (κ2) is 27.8. The highest BCUT2D eigenvalue weighted by molar-refractivity contribution is 7.52. The van der Waals surface area contributed by atoms with Gasteiger partial charge >= 0.3 is 15.2 Å². The zero-order valence-electron chi connectivity index (χ0n) is 36.3. The zero-order chi connectivity index (χ0) is 45.3. The third-order valence-corrected chi connectivity index (χ3v) is 12.7. The summed E-state index contributed by atoms with van der Waals surface area (Å²) < 4.78 is 39.5. The molecule has 0 spiro atoms. The van der Waals surface area contributed by atoms with Crippen LogP contribution in [0.2, 0.25) is 0 Å². The fourth-order valence-electron chi connectivity index (χ4n) is 6.83. The molecular formula is C48H62N4O9P2S. The minimum atomic E-state index is -3.94. The van der Waals surface area contributed by atoms with Gasteiger partial charge in [0.1, 0.15) is 22.8 Å². The molecule has 0 fully saturated rings. The quantitative estimate of drug-likeness (QED) is 0.0201. The summed E-state index contributed by atoms with van der Waals surface area (Å²) in [7, 11) is -7.86. The predicted octanol–water partition coefficient (Wildman–Crippen LogP) is 10.1. The summed E-state index contributed by atoms with van der Waals surface area (Å²) in [5, 5.41) is 9.33. The number of nitrogens with zero attached hydrogens (tertiary/aromatic N) is 2. The second-order valence-corrected chi connectivity index (χ2v) is 19.9. The van der Waals surface area contributed by atoms with Crippen molar-refractivity contribution in [1.29, 1.82) is 0 Å². The van der Waals surface area contributed by atoms with Crippen molar-refractivity contribution in [2.75, 3.05) is 38.6 Å². The zero-order valence-corrected chi connectivity index (χ0v) is 38.9. The van der Waals surface area contributed by atoms with E-state index in [-0.39, 0.29) is 12.3 Å². The molecule has 344 valence electrons. The van der Waals surface area contributed by atoms with Crippen LogP contribution in [-0.2, 0) is 35.1 Å². The van der Waals surface area contributed by atoms with Gasteiger partial charge in [0.15, 0.2) is 0 Å². The molecule has 0 saturated carbocycles. The molecule has 0 radical (unpaired) electrons. The van der Waals surface area contributed by atoms with Crippen LogP contribution in [0.1, 0.15) is 73.6 Å². The summed E-state index contributed by atoms with van der Waals surface area (Å²) >= 11 is 1.58. The number of ether oxygens (including phenoxy) is 2. The van der Waals surface area contributed by atoms with Crippen molar-refractivity contribution >= 4 is 26.5 Å². The maximum absolute atomic E-state index is 10.9. The summed E-state index contributed by atoms with van der Waals surface area (Å²) in [5.41, 5.74) is 6.63. The van der Waals surface area contributed by atoms with Crippen molar-refractivity contribution < 1.29 is 42.6 Å². The predicted molar refractivity (Wildman–Crippen MR) is 255 cm³/mol. The standard InChI is InChI=1S/C24H31N2O5P.C24H31N2O4PS/c27-32(28,29)17-7-13-25-19-21-11-12-23(22(18-21)24-26-14-16-31-24)30-15-6-2-5-10-20-8-3-1-4-9-20;27-31(28,29)16-7-13-25-19-21-11-12-23(22(18-21)24-26-14-17-32-24)30-15-6-2-5-10-20-8-3-1-4-9-20/h1,3-4,8-9,11-12,14,16,18,25H,2,5-7,10,13,15,17,19H2,(H2,27,28,29);1,3-4,8-9,11-12,14,17-18,25H,2,5-7,10,13,15-16,19H2,(H2,27,28,29). The Balaban J connectivity index is 0.000000241. The van der Waals surface area contributed by atoms with Gasteiger partial charge in [-0.05, 0) is 124 Å². The van der Waals surface area contributed by atoms with Crippen LogP contribution in [0.5, 0.6) is 11.5 Å². The fraction of sp³-hybridized carbons (Fsp3) is 0.375. The monoisotopic (exact) mass is 932 g/mol. The third kappa shape index (κ3) is 20.2. The molecule has 2 heterocycles. The number of hydrogen-bond donors (Lipinski definition) is 6. The van der Waals surface area contributed by atoms with E-state index in [0.29, 0.717) is 58.1 Å². The first-order valence-corrected chi connectivity index (χ1v) is 26.4. The third-order valence-electron chi connectivity index (χ3n) is 10.1. The molecule has 0 amide bonds. The molecule has 0 aliphatic heterocycles. The first kappa shape index (κ1) is 50.5. The highest BCUT2D eigenvalue weighted by Gasteiger charge is 2.15. The lowest BCUT2D eigenvalue weighted by Gasteiger charge is -2.13. The average molecular weight is 933 g/mol. The highest BCUT2D eigenvalue weighted by Crippen LogP contribution is 2.36. The fourth-order valence-corrected chi connectivity index (χ4v) is 8.63.